The quantitative estimate of drug-likeness (QED) is 0.605. The molecule has 0 spiro atoms. The van der Waals surface area contributed by atoms with Crippen molar-refractivity contribution >= 4 is 11.8 Å². The van der Waals surface area contributed by atoms with Crippen LogP contribution in [0.4, 0.5) is 0 Å². The number of rotatable bonds is 5. The van der Waals surface area contributed by atoms with Crippen LogP contribution in [0.1, 0.15) is 61.1 Å². The summed E-state index contributed by atoms with van der Waals surface area (Å²) >= 11 is 0. The van der Waals surface area contributed by atoms with Crippen LogP contribution in [0.3, 0.4) is 0 Å². The Hall–Kier alpha value is -3.35. The second-order valence-electron chi connectivity index (χ2n) is 10.1. The van der Waals surface area contributed by atoms with Crippen LogP contribution in [0.2, 0.25) is 0 Å². The van der Waals surface area contributed by atoms with Crippen LogP contribution in [-0.2, 0) is 17.9 Å². The van der Waals surface area contributed by atoms with E-state index in [2.05, 4.69) is 17.3 Å². The molecule has 1 aliphatic carbocycles. The number of hydrogen-bond acceptors (Lipinski definition) is 4. The molecular formula is C27H32N4O3. The van der Waals surface area contributed by atoms with Crippen LogP contribution >= 0.6 is 0 Å². The third-order valence-electron chi connectivity index (χ3n) is 7.37. The van der Waals surface area contributed by atoms with E-state index < -0.39 is 5.54 Å². The highest BCUT2D eigenvalue weighted by molar-refractivity contribution is 6.00. The Morgan fingerprint density at radius 2 is 1.91 bits per heavy atom. The largest absolute Gasteiger partial charge is 0.463 e. The Kier molecular flexibility index (Phi) is 5.80. The molecule has 1 unspecified atom stereocenters. The molecule has 7 nitrogen and oxygen atoms in total. The molecule has 5 rings (SSSR count). The first-order valence-electron chi connectivity index (χ1n) is 12.1. The van der Waals surface area contributed by atoms with Gasteiger partial charge in [0.2, 0.25) is 5.91 Å². The minimum Gasteiger partial charge on any atom is -0.463 e. The highest BCUT2D eigenvalue weighted by atomic mass is 16.3. The van der Waals surface area contributed by atoms with Crippen LogP contribution in [0.25, 0.3) is 11.5 Å². The minimum atomic E-state index is -1.06. The molecule has 1 saturated carbocycles. The van der Waals surface area contributed by atoms with Crippen molar-refractivity contribution in [2.75, 3.05) is 0 Å². The normalized spacial score (nSPS) is 24.7. The number of aromatic nitrogens is 2. The van der Waals surface area contributed by atoms with Gasteiger partial charge in [-0.15, -0.1) is 0 Å². The Balaban J connectivity index is 1.48. The summed E-state index contributed by atoms with van der Waals surface area (Å²) in [5, 5.41) is 7.89. The van der Waals surface area contributed by atoms with E-state index in [1.165, 1.54) is 0 Å². The number of benzene rings is 1. The van der Waals surface area contributed by atoms with Crippen molar-refractivity contribution in [1.82, 2.24) is 20.0 Å². The minimum absolute atomic E-state index is 0.117. The topological polar surface area (TPSA) is 80.4 Å². The summed E-state index contributed by atoms with van der Waals surface area (Å²) in [6, 6.07) is 13.6. The van der Waals surface area contributed by atoms with Crippen molar-refractivity contribution in [3.8, 4) is 11.5 Å². The van der Waals surface area contributed by atoms with Gasteiger partial charge in [-0.1, -0.05) is 36.8 Å². The number of carbonyl (C=O) groups excluding carboxylic acids is 2. The molecular weight excluding hydrogens is 428 g/mol. The second-order valence-corrected chi connectivity index (χ2v) is 10.1. The van der Waals surface area contributed by atoms with E-state index in [0.29, 0.717) is 29.6 Å². The molecule has 3 heterocycles. The lowest BCUT2D eigenvalue weighted by atomic mass is 9.86. The Bertz CT molecular complexity index is 1170. The summed E-state index contributed by atoms with van der Waals surface area (Å²) in [6.45, 7) is 6.80. The number of nitrogens with one attached hydrogen (secondary N) is 1. The summed E-state index contributed by atoms with van der Waals surface area (Å²) < 4.78 is 7.16. The molecule has 1 N–H and O–H groups in total. The molecule has 1 fully saturated rings. The molecule has 1 aliphatic heterocycles. The predicted molar refractivity (Wildman–Crippen MR) is 129 cm³/mol. The monoisotopic (exact) mass is 460 g/mol. The van der Waals surface area contributed by atoms with Gasteiger partial charge in [-0.25, -0.2) is 0 Å². The van der Waals surface area contributed by atoms with Crippen molar-refractivity contribution in [2.45, 2.75) is 71.1 Å². The standard InChI is InChI=1S/C27H32N4O3/c1-18-6-10-20(11-7-18)16-30-25(32)23-15-22(24-5-4-14-34-24)29-31(23)17-27(30,3)26(33)28-21-12-8-19(2)9-13-21/h4-7,10-11,14-15,19,21H,8-9,12-13,16-17H2,1-3H3,(H,28,33). The molecule has 1 atom stereocenters. The summed E-state index contributed by atoms with van der Waals surface area (Å²) in [4.78, 5) is 29.2. The molecule has 0 radical (unpaired) electrons. The third-order valence-corrected chi connectivity index (χ3v) is 7.37. The van der Waals surface area contributed by atoms with E-state index >= 15 is 0 Å². The number of nitrogens with zero attached hydrogens (tertiary/aromatic N) is 3. The third kappa shape index (κ3) is 4.15. The van der Waals surface area contributed by atoms with E-state index in [9.17, 15) is 9.59 Å². The van der Waals surface area contributed by atoms with Crippen LogP contribution < -0.4 is 5.32 Å². The Morgan fingerprint density at radius 1 is 1.18 bits per heavy atom. The fourth-order valence-electron chi connectivity index (χ4n) is 5.06. The van der Waals surface area contributed by atoms with E-state index in [1.54, 1.807) is 28.0 Å². The van der Waals surface area contributed by atoms with Crippen LogP contribution in [0.15, 0.2) is 53.1 Å². The molecule has 1 aromatic carbocycles. The van der Waals surface area contributed by atoms with Gasteiger partial charge in [-0.2, -0.15) is 5.10 Å². The smallest absolute Gasteiger partial charge is 0.273 e. The lowest BCUT2D eigenvalue weighted by Crippen LogP contribution is -2.64. The fourth-order valence-corrected chi connectivity index (χ4v) is 5.06. The summed E-state index contributed by atoms with van der Waals surface area (Å²) in [5.41, 5.74) is 2.14. The van der Waals surface area contributed by atoms with Gasteiger partial charge in [-0.05, 0) is 63.1 Å². The zero-order valence-electron chi connectivity index (χ0n) is 20.1. The van der Waals surface area contributed by atoms with Gasteiger partial charge in [0.05, 0.1) is 12.8 Å². The van der Waals surface area contributed by atoms with E-state index in [-0.39, 0.29) is 24.4 Å². The molecule has 2 aliphatic rings. The molecule has 7 heteroatoms. The average molecular weight is 461 g/mol. The molecule has 0 saturated heterocycles. The number of amides is 2. The van der Waals surface area contributed by atoms with Gasteiger partial charge in [0.15, 0.2) is 5.76 Å². The molecule has 2 amide bonds. The van der Waals surface area contributed by atoms with Crippen molar-refractivity contribution in [1.29, 1.82) is 0 Å². The number of hydrogen-bond donors (Lipinski definition) is 1. The van der Waals surface area contributed by atoms with E-state index in [0.717, 1.165) is 36.8 Å². The first kappa shape index (κ1) is 22.4. The Labute approximate surface area is 200 Å². The SMILES string of the molecule is Cc1ccc(CN2C(=O)c3cc(-c4ccco4)nn3CC2(C)C(=O)NC2CCC(C)CC2)cc1. The van der Waals surface area contributed by atoms with Gasteiger partial charge < -0.3 is 14.6 Å². The maximum atomic E-state index is 13.8. The summed E-state index contributed by atoms with van der Waals surface area (Å²) in [6.07, 6.45) is 5.77. The zero-order chi connectivity index (χ0) is 23.9. The summed E-state index contributed by atoms with van der Waals surface area (Å²) in [5.74, 6) is 0.979. The fraction of sp³-hybridized carbons (Fsp3) is 0.444. The maximum absolute atomic E-state index is 13.8. The van der Waals surface area contributed by atoms with E-state index in [4.69, 9.17) is 4.42 Å². The summed E-state index contributed by atoms with van der Waals surface area (Å²) in [7, 11) is 0. The molecule has 0 bridgehead atoms. The van der Waals surface area contributed by atoms with Gasteiger partial charge in [-0.3, -0.25) is 14.3 Å². The first-order chi connectivity index (χ1) is 16.3. The number of fused-ring (bicyclic) bond motifs is 1. The van der Waals surface area contributed by atoms with Gasteiger partial charge in [0.25, 0.3) is 5.91 Å². The molecule has 3 aromatic rings. The van der Waals surface area contributed by atoms with Crippen molar-refractivity contribution in [3.63, 3.8) is 0 Å². The van der Waals surface area contributed by atoms with Gasteiger partial charge in [0, 0.05) is 18.7 Å². The molecule has 34 heavy (non-hydrogen) atoms. The maximum Gasteiger partial charge on any atom is 0.273 e. The van der Waals surface area contributed by atoms with Gasteiger partial charge >= 0.3 is 0 Å². The molecule has 2 aromatic heterocycles. The lowest BCUT2D eigenvalue weighted by Gasteiger charge is -2.44. The predicted octanol–water partition coefficient (Wildman–Crippen LogP) is 4.56. The number of carbonyl (C=O) groups is 2. The van der Waals surface area contributed by atoms with Crippen LogP contribution in [0, 0.1) is 12.8 Å². The van der Waals surface area contributed by atoms with Crippen molar-refractivity contribution in [3.05, 3.63) is 65.5 Å². The lowest BCUT2D eigenvalue weighted by molar-refractivity contribution is -0.134. The second kappa shape index (κ2) is 8.78. The van der Waals surface area contributed by atoms with E-state index in [1.807, 2.05) is 44.2 Å². The first-order valence-corrected chi connectivity index (χ1v) is 12.1. The van der Waals surface area contributed by atoms with Crippen molar-refractivity contribution in [2.24, 2.45) is 5.92 Å². The van der Waals surface area contributed by atoms with Gasteiger partial charge in [0.1, 0.15) is 16.9 Å². The van der Waals surface area contributed by atoms with Crippen LogP contribution in [0.5, 0.6) is 0 Å². The van der Waals surface area contributed by atoms with Crippen molar-refractivity contribution < 1.29 is 14.0 Å². The number of aryl methyl sites for hydroxylation is 1. The highest BCUT2D eigenvalue weighted by Crippen LogP contribution is 2.32. The van der Waals surface area contributed by atoms with Crippen LogP contribution in [-0.4, -0.2) is 38.1 Å². The zero-order valence-corrected chi connectivity index (χ0v) is 20.1. The average Bonchev–Trinajstić information content (AvgIpc) is 3.49. The molecule has 178 valence electrons. The Morgan fingerprint density at radius 3 is 2.59 bits per heavy atom. The highest BCUT2D eigenvalue weighted by Gasteiger charge is 2.48. The number of furan rings is 1.